The van der Waals surface area contributed by atoms with Crippen molar-refractivity contribution in [2.75, 3.05) is 7.11 Å². The maximum atomic E-state index is 13.8. The van der Waals surface area contributed by atoms with Crippen LogP contribution in [-0.4, -0.2) is 7.11 Å². The van der Waals surface area contributed by atoms with E-state index in [0.29, 0.717) is 5.75 Å². The first-order chi connectivity index (χ1) is 11.5. The third-order valence-corrected chi connectivity index (χ3v) is 3.71. The summed E-state index contributed by atoms with van der Waals surface area (Å²) in [6, 6.07) is 13.5. The van der Waals surface area contributed by atoms with E-state index >= 15 is 0 Å². The van der Waals surface area contributed by atoms with Gasteiger partial charge < -0.3 is 4.74 Å². The first kappa shape index (κ1) is 16.1. The Bertz CT molecular complexity index is 845. The first-order valence-electron chi connectivity index (χ1n) is 7.09. The maximum Gasteiger partial charge on any atom is 0.169 e. The van der Waals surface area contributed by atoms with Crippen molar-refractivity contribution in [2.45, 2.75) is 0 Å². The Balaban J connectivity index is 2.01. The average molecular weight is 332 g/mol. The van der Waals surface area contributed by atoms with Crippen molar-refractivity contribution >= 4 is 0 Å². The van der Waals surface area contributed by atoms with E-state index in [2.05, 4.69) is 0 Å². The topological polar surface area (TPSA) is 9.23 Å². The van der Waals surface area contributed by atoms with E-state index in [1.807, 2.05) is 12.1 Å². The Morgan fingerprint density at radius 2 is 1.04 bits per heavy atom. The van der Waals surface area contributed by atoms with Crippen LogP contribution in [0.5, 0.6) is 5.75 Å². The lowest BCUT2D eigenvalue weighted by atomic mass is 9.99. The standard InChI is InChI=1S/C19H12F4O/c1-24-14-8-6-12(7-9-14)11-2-4-13(5-3-11)17-18(22)15(20)10-16(21)19(17)23/h2-10H,1H3. The van der Waals surface area contributed by atoms with Crippen LogP contribution in [0.15, 0.2) is 54.6 Å². The van der Waals surface area contributed by atoms with Gasteiger partial charge in [0.2, 0.25) is 0 Å². The summed E-state index contributed by atoms with van der Waals surface area (Å²) >= 11 is 0. The predicted octanol–water partition coefficient (Wildman–Crippen LogP) is 5.59. The summed E-state index contributed by atoms with van der Waals surface area (Å²) in [7, 11) is 1.56. The summed E-state index contributed by atoms with van der Waals surface area (Å²) < 4.78 is 59.4. The fourth-order valence-electron chi connectivity index (χ4n) is 2.44. The first-order valence-corrected chi connectivity index (χ1v) is 7.09. The number of hydrogen-bond acceptors (Lipinski definition) is 1. The molecule has 3 aromatic carbocycles. The van der Waals surface area contributed by atoms with Crippen molar-refractivity contribution in [2.24, 2.45) is 0 Å². The van der Waals surface area contributed by atoms with Gasteiger partial charge in [-0.05, 0) is 28.8 Å². The van der Waals surface area contributed by atoms with Crippen LogP contribution in [0.3, 0.4) is 0 Å². The fourth-order valence-corrected chi connectivity index (χ4v) is 2.44. The molecule has 0 aliphatic rings. The predicted molar refractivity (Wildman–Crippen MR) is 83.7 cm³/mol. The van der Waals surface area contributed by atoms with Gasteiger partial charge in [0.25, 0.3) is 0 Å². The molecule has 0 aliphatic carbocycles. The van der Waals surface area contributed by atoms with E-state index in [-0.39, 0.29) is 11.6 Å². The highest BCUT2D eigenvalue weighted by molar-refractivity contribution is 5.71. The van der Waals surface area contributed by atoms with Crippen LogP contribution in [0.1, 0.15) is 0 Å². The summed E-state index contributed by atoms with van der Waals surface area (Å²) in [6.45, 7) is 0. The maximum absolute atomic E-state index is 13.8. The second-order valence-corrected chi connectivity index (χ2v) is 5.15. The molecule has 0 amide bonds. The van der Waals surface area contributed by atoms with E-state index in [4.69, 9.17) is 4.74 Å². The van der Waals surface area contributed by atoms with Crippen molar-refractivity contribution in [3.8, 4) is 28.0 Å². The van der Waals surface area contributed by atoms with Gasteiger partial charge in [0.05, 0.1) is 12.7 Å². The van der Waals surface area contributed by atoms with E-state index in [1.165, 1.54) is 12.1 Å². The van der Waals surface area contributed by atoms with E-state index in [0.717, 1.165) is 11.1 Å². The van der Waals surface area contributed by atoms with E-state index < -0.39 is 28.8 Å². The minimum atomic E-state index is -1.43. The average Bonchev–Trinajstić information content (AvgIpc) is 2.61. The largest absolute Gasteiger partial charge is 0.497 e. The molecule has 0 saturated heterocycles. The SMILES string of the molecule is COc1ccc(-c2ccc(-c3c(F)c(F)cc(F)c3F)cc2)cc1. The molecule has 0 atom stereocenters. The summed E-state index contributed by atoms with van der Waals surface area (Å²) in [5.41, 5.74) is 1.00. The molecule has 3 aromatic rings. The fraction of sp³-hybridized carbons (Fsp3) is 0.0526. The molecule has 0 aliphatic heterocycles. The Kier molecular flexibility index (Phi) is 4.25. The molecule has 3 rings (SSSR count). The Hall–Kier alpha value is -2.82. The van der Waals surface area contributed by atoms with Gasteiger partial charge in [0.1, 0.15) is 5.75 Å². The highest BCUT2D eigenvalue weighted by Gasteiger charge is 2.20. The van der Waals surface area contributed by atoms with Crippen molar-refractivity contribution in [1.29, 1.82) is 0 Å². The third kappa shape index (κ3) is 2.85. The van der Waals surface area contributed by atoms with Crippen LogP contribution < -0.4 is 4.74 Å². The van der Waals surface area contributed by atoms with Crippen molar-refractivity contribution < 1.29 is 22.3 Å². The van der Waals surface area contributed by atoms with Gasteiger partial charge in [0.15, 0.2) is 23.3 Å². The van der Waals surface area contributed by atoms with Crippen LogP contribution in [-0.2, 0) is 0 Å². The van der Waals surface area contributed by atoms with Gasteiger partial charge in [-0.25, -0.2) is 17.6 Å². The van der Waals surface area contributed by atoms with Gasteiger partial charge in [-0.1, -0.05) is 36.4 Å². The normalized spacial score (nSPS) is 10.7. The number of methoxy groups -OCH3 is 1. The van der Waals surface area contributed by atoms with E-state index in [1.54, 1.807) is 31.4 Å². The third-order valence-electron chi connectivity index (χ3n) is 3.71. The quantitative estimate of drug-likeness (QED) is 0.449. The molecule has 0 unspecified atom stereocenters. The molecule has 1 nitrogen and oxygen atoms in total. The summed E-state index contributed by atoms with van der Waals surface area (Å²) in [6.07, 6.45) is 0. The molecule has 0 spiro atoms. The molecule has 0 fully saturated rings. The Morgan fingerprint density at radius 3 is 1.50 bits per heavy atom. The zero-order chi connectivity index (χ0) is 17.3. The van der Waals surface area contributed by atoms with Crippen LogP contribution in [0.25, 0.3) is 22.3 Å². The van der Waals surface area contributed by atoms with Crippen LogP contribution in [0.4, 0.5) is 17.6 Å². The molecular weight excluding hydrogens is 320 g/mol. The summed E-state index contributed by atoms with van der Waals surface area (Å²) in [5, 5.41) is 0. The van der Waals surface area contributed by atoms with Gasteiger partial charge in [-0.15, -0.1) is 0 Å². The Labute approximate surface area is 136 Å². The molecule has 0 N–H and O–H groups in total. The highest BCUT2D eigenvalue weighted by Crippen LogP contribution is 2.31. The Morgan fingerprint density at radius 1 is 0.625 bits per heavy atom. The second-order valence-electron chi connectivity index (χ2n) is 5.15. The zero-order valence-electron chi connectivity index (χ0n) is 12.6. The number of ether oxygens (including phenoxy) is 1. The van der Waals surface area contributed by atoms with Gasteiger partial charge >= 0.3 is 0 Å². The number of benzene rings is 3. The smallest absolute Gasteiger partial charge is 0.169 e. The van der Waals surface area contributed by atoms with Crippen molar-refractivity contribution in [3.05, 3.63) is 77.9 Å². The molecule has 0 heterocycles. The molecule has 0 aromatic heterocycles. The van der Waals surface area contributed by atoms with Gasteiger partial charge in [0, 0.05) is 6.07 Å². The summed E-state index contributed by atoms with van der Waals surface area (Å²) in [5.74, 6) is -4.97. The molecule has 5 heteroatoms. The minimum absolute atomic E-state index is 0.0562. The van der Waals surface area contributed by atoms with E-state index in [9.17, 15) is 17.6 Å². The molecule has 122 valence electrons. The lowest BCUT2D eigenvalue weighted by molar-refractivity contribution is 0.415. The van der Waals surface area contributed by atoms with Crippen LogP contribution in [0, 0.1) is 23.3 Å². The van der Waals surface area contributed by atoms with Gasteiger partial charge in [-0.2, -0.15) is 0 Å². The van der Waals surface area contributed by atoms with Crippen LogP contribution >= 0.6 is 0 Å². The van der Waals surface area contributed by atoms with Crippen molar-refractivity contribution in [1.82, 2.24) is 0 Å². The lowest BCUT2D eigenvalue weighted by Gasteiger charge is -2.09. The molecular formula is C19H12F4O. The van der Waals surface area contributed by atoms with Gasteiger partial charge in [-0.3, -0.25) is 0 Å². The molecule has 0 bridgehead atoms. The second kappa shape index (κ2) is 6.35. The zero-order valence-corrected chi connectivity index (χ0v) is 12.6. The number of halogens is 4. The summed E-state index contributed by atoms with van der Waals surface area (Å²) in [4.78, 5) is 0. The number of hydrogen-bond donors (Lipinski definition) is 0. The highest BCUT2D eigenvalue weighted by atomic mass is 19.2. The monoisotopic (exact) mass is 332 g/mol. The molecule has 24 heavy (non-hydrogen) atoms. The molecule has 0 saturated carbocycles. The van der Waals surface area contributed by atoms with Crippen LogP contribution in [0.2, 0.25) is 0 Å². The van der Waals surface area contributed by atoms with Crippen molar-refractivity contribution in [3.63, 3.8) is 0 Å². The minimum Gasteiger partial charge on any atom is -0.497 e. The molecule has 0 radical (unpaired) electrons. The number of rotatable bonds is 3. The lowest BCUT2D eigenvalue weighted by Crippen LogP contribution is -1.98.